The molecule has 0 saturated heterocycles. The molecule has 1 aliphatic carbocycles. The summed E-state index contributed by atoms with van der Waals surface area (Å²) < 4.78 is 32.9. The van der Waals surface area contributed by atoms with Gasteiger partial charge in [-0.25, -0.2) is 27.9 Å². The third-order valence-electron chi connectivity index (χ3n) is 7.94. The van der Waals surface area contributed by atoms with Crippen molar-refractivity contribution in [3.05, 3.63) is 104 Å². The molecule has 222 valence electrons. The lowest BCUT2D eigenvalue weighted by Gasteiger charge is -2.29. The Balaban J connectivity index is 1.21. The van der Waals surface area contributed by atoms with Gasteiger partial charge in [0.15, 0.2) is 0 Å². The fourth-order valence-electron chi connectivity index (χ4n) is 5.73. The first-order valence-corrected chi connectivity index (χ1v) is 14.3. The van der Waals surface area contributed by atoms with Crippen molar-refractivity contribution in [3.8, 4) is 11.6 Å². The molecule has 13 heteroatoms. The van der Waals surface area contributed by atoms with Gasteiger partial charge in [-0.15, -0.1) is 0 Å². The molecule has 1 fully saturated rings. The summed E-state index contributed by atoms with van der Waals surface area (Å²) in [5.41, 5.74) is 0.157. The average Bonchev–Trinajstić information content (AvgIpc) is 3.48. The summed E-state index contributed by atoms with van der Waals surface area (Å²) in [5, 5.41) is 2.97. The zero-order valence-corrected chi connectivity index (χ0v) is 23.9. The van der Waals surface area contributed by atoms with Crippen LogP contribution in [0.5, 0.6) is 0 Å². The van der Waals surface area contributed by atoms with Gasteiger partial charge in [0.1, 0.15) is 17.3 Å². The monoisotopic (exact) mass is 607 g/mol. The molecular weight excluding hydrogens is 580 g/mol. The van der Waals surface area contributed by atoms with Crippen LogP contribution in [-0.4, -0.2) is 40.2 Å². The number of nitrogens with one attached hydrogen (secondary N) is 1. The fourth-order valence-corrected chi connectivity index (χ4v) is 5.89. The summed E-state index contributed by atoms with van der Waals surface area (Å²) in [7, 11) is 1.65. The van der Waals surface area contributed by atoms with Crippen LogP contribution in [0.4, 0.5) is 8.78 Å². The topological polar surface area (TPSA) is 109 Å². The second-order valence-corrected chi connectivity index (χ2v) is 11.1. The van der Waals surface area contributed by atoms with Crippen LogP contribution in [0, 0.1) is 5.92 Å². The van der Waals surface area contributed by atoms with E-state index in [4.69, 9.17) is 11.6 Å². The minimum atomic E-state index is -2.90. The number of hydrogen-bond donors (Lipinski definition) is 1. The van der Waals surface area contributed by atoms with E-state index in [1.165, 1.54) is 15.2 Å². The van der Waals surface area contributed by atoms with Gasteiger partial charge >= 0.3 is 11.4 Å². The van der Waals surface area contributed by atoms with Gasteiger partial charge in [-0.1, -0.05) is 29.8 Å². The maximum Gasteiger partial charge on any atom is 0.334 e. The van der Waals surface area contributed by atoms with Crippen LogP contribution in [-0.2, 0) is 13.6 Å². The molecule has 0 unspecified atom stereocenters. The summed E-state index contributed by atoms with van der Waals surface area (Å²) in [6, 6.07) is 13.7. The predicted octanol–water partition coefficient (Wildman–Crippen LogP) is 4.65. The lowest BCUT2D eigenvalue weighted by Crippen LogP contribution is -2.39. The van der Waals surface area contributed by atoms with Gasteiger partial charge in [-0.2, -0.15) is 0 Å². The first-order valence-electron chi connectivity index (χ1n) is 13.9. The molecule has 5 aromatic rings. The van der Waals surface area contributed by atoms with Crippen molar-refractivity contribution in [2.45, 2.75) is 44.7 Å². The number of fused-ring (bicyclic) bond motifs is 1. The number of benzene rings is 1. The Kier molecular flexibility index (Phi) is 7.70. The van der Waals surface area contributed by atoms with E-state index >= 15 is 0 Å². The predicted molar refractivity (Wildman–Crippen MR) is 157 cm³/mol. The molecular formula is C30H28ClF2N7O3. The quantitative estimate of drug-likeness (QED) is 0.290. The van der Waals surface area contributed by atoms with Gasteiger partial charge in [-0.3, -0.25) is 18.9 Å². The molecule has 0 bridgehead atoms. The highest BCUT2D eigenvalue weighted by Gasteiger charge is 2.27. The van der Waals surface area contributed by atoms with E-state index in [-0.39, 0.29) is 33.9 Å². The molecule has 0 aliphatic heterocycles. The molecule has 0 spiro atoms. The van der Waals surface area contributed by atoms with Gasteiger partial charge in [0.2, 0.25) is 0 Å². The first-order chi connectivity index (χ1) is 20.7. The minimum absolute atomic E-state index is 0.110. The van der Waals surface area contributed by atoms with Gasteiger partial charge < -0.3 is 9.88 Å². The molecule has 1 saturated carbocycles. The number of aryl methyl sites for hydroxylation is 1. The van der Waals surface area contributed by atoms with Crippen LogP contribution < -0.4 is 16.7 Å². The molecule has 4 aromatic heterocycles. The number of pyridine rings is 2. The Morgan fingerprint density at radius 3 is 2.42 bits per heavy atom. The van der Waals surface area contributed by atoms with Crippen molar-refractivity contribution in [2.75, 3.05) is 0 Å². The van der Waals surface area contributed by atoms with E-state index in [1.54, 1.807) is 46.8 Å². The third-order valence-corrected chi connectivity index (χ3v) is 8.14. The molecule has 0 radical (unpaired) electrons. The van der Waals surface area contributed by atoms with E-state index in [0.717, 1.165) is 24.6 Å². The van der Waals surface area contributed by atoms with Gasteiger partial charge in [0.05, 0.1) is 21.6 Å². The Bertz CT molecular complexity index is 1940. The molecule has 0 atom stereocenters. The van der Waals surface area contributed by atoms with E-state index < -0.39 is 18.0 Å². The number of amides is 1. The lowest BCUT2D eigenvalue weighted by atomic mass is 9.85. The molecule has 1 aliphatic rings. The zero-order valence-electron chi connectivity index (χ0n) is 23.2. The van der Waals surface area contributed by atoms with E-state index in [1.807, 2.05) is 24.3 Å². The van der Waals surface area contributed by atoms with E-state index in [0.29, 0.717) is 36.5 Å². The van der Waals surface area contributed by atoms with E-state index in [9.17, 15) is 23.2 Å². The number of carbonyl (C=O) groups is 1. The van der Waals surface area contributed by atoms with Crippen LogP contribution in [0.3, 0.4) is 0 Å². The second kappa shape index (κ2) is 11.6. The third kappa shape index (κ3) is 5.50. The van der Waals surface area contributed by atoms with Gasteiger partial charge in [0, 0.05) is 38.2 Å². The van der Waals surface area contributed by atoms with Crippen LogP contribution in [0.1, 0.15) is 48.2 Å². The first kappa shape index (κ1) is 28.5. The van der Waals surface area contributed by atoms with Crippen molar-refractivity contribution in [2.24, 2.45) is 13.0 Å². The largest absolute Gasteiger partial charge is 0.349 e. The number of para-hydroxylation sites is 2. The Morgan fingerprint density at radius 1 is 1.00 bits per heavy atom. The molecule has 6 rings (SSSR count). The zero-order chi connectivity index (χ0) is 30.2. The number of nitrogens with zero attached hydrogens (tertiary/aromatic N) is 6. The molecule has 43 heavy (non-hydrogen) atoms. The van der Waals surface area contributed by atoms with Crippen molar-refractivity contribution < 1.29 is 13.6 Å². The summed E-state index contributed by atoms with van der Waals surface area (Å²) in [5.74, 6) is 0.344. The highest BCUT2D eigenvalue weighted by Crippen LogP contribution is 2.29. The van der Waals surface area contributed by atoms with Gasteiger partial charge in [0.25, 0.3) is 12.3 Å². The highest BCUT2D eigenvalue weighted by molar-refractivity contribution is 6.30. The van der Waals surface area contributed by atoms with Crippen molar-refractivity contribution in [1.82, 2.24) is 33.6 Å². The fraction of sp³-hybridized carbons (Fsp3) is 0.300. The Morgan fingerprint density at radius 2 is 1.72 bits per heavy atom. The summed E-state index contributed by atoms with van der Waals surface area (Å²) in [6.45, 7) is 0.471. The van der Waals surface area contributed by atoms with Crippen LogP contribution >= 0.6 is 11.6 Å². The standard InChI is InChI=1S/C30H28ClF2N7O3/c1-37-13-14-38(29(37)42)24-7-4-8-25(36-24)40-23-6-3-2-5-22(23)39(30(40)43)17-18-9-11-20(12-10-18)35-28(41)21-15-19(31)16-34-26(21)27(32)33/h2-8,13-16,18,20,27H,9-12,17H2,1H3,(H,35,41). The van der Waals surface area contributed by atoms with Crippen molar-refractivity contribution in [1.29, 1.82) is 0 Å². The molecule has 4 heterocycles. The number of imidazole rings is 2. The van der Waals surface area contributed by atoms with Gasteiger partial charge in [-0.05, 0) is 61.9 Å². The molecule has 1 amide bonds. The SMILES string of the molecule is Cn1ccn(-c2cccc(-n3c(=O)n(CC4CCC(NC(=O)c5cc(Cl)cnc5C(F)F)CC4)c4ccccc43)n2)c1=O. The van der Waals surface area contributed by atoms with Crippen molar-refractivity contribution >= 4 is 28.5 Å². The number of rotatable bonds is 7. The summed E-state index contributed by atoms with van der Waals surface area (Å²) in [6.07, 6.45) is 4.21. The lowest BCUT2D eigenvalue weighted by molar-refractivity contribution is 0.0904. The number of alkyl halides is 2. The maximum atomic E-state index is 13.8. The molecule has 1 aromatic carbocycles. The van der Waals surface area contributed by atoms with Crippen LogP contribution in [0.2, 0.25) is 5.02 Å². The number of aromatic nitrogens is 6. The number of carbonyl (C=O) groups excluding carboxylic acids is 1. The normalized spacial score (nSPS) is 17.0. The summed E-state index contributed by atoms with van der Waals surface area (Å²) in [4.78, 5) is 47.4. The van der Waals surface area contributed by atoms with Crippen LogP contribution in [0.25, 0.3) is 22.7 Å². The van der Waals surface area contributed by atoms with Crippen LogP contribution in [0.15, 0.2) is 76.7 Å². The smallest absolute Gasteiger partial charge is 0.334 e. The number of hydrogen-bond acceptors (Lipinski definition) is 5. The highest BCUT2D eigenvalue weighted by atomic mass is 35.5. The Hall–Kier alpha value is -4.58. The van der Waals surface area contributed by atoms with Crippen molar-refractivity contribution in [3.63, 3.8) is 0 Å². The number of halogens is 3. The average molecular weight is 608 g/mol. The molecule has 1 N–H and O–H groups in total. The molecule has 10 nitrogen and oxygen atoms in total. The summed E-state index contributed by atoms with van der Waals surface area (Å²) >= 11 is 5.91. The maximum absolute atomic E-state index is 13.8. The second-order valence-electron chi connectivity index (χ2n) is 10.7. The minimum Gasteiger partial charge on any atom is -0.349 e. The van der Waals surface area contributed by atoms with E-state index in [2.05, 4.69) is 15.3 Å². The Labute approximate surface area is 249 Å².